The van der Waals surface area contributed by atoms with Crippen LogP contribution in [-0.4, -0.2) is 35.5 Å². The molecule has 0 spiro atoms. The molecule has 2 fully saturated rings. The van der Waals surface area contributed by atoms with E-state index in [2.05, 4.69) is 0 Å². The van der Waals surface area contributed by atoms with Crippen LogP contribution in [0.15, 0.2) is 0 Å². The maximum Gasteiger partial charge on any atom is 0.407 e. The predicted octanol–water partition coefficient (Wildman–Crippen LogP) is 0.821. The van der Waals surface area contributed by atoms with Gasteiger partial charge in [0.05, 0.1) is 0 Å². The van der Waals surface area contributed by atoms with Crippen molar-refractivity contribution in [2.24, 2.45) is 17.8 Å². The highest BCUT2D eigenvalue weighted by atomic mass is 16.4. The molecule has 1 aliphatic heterocycles. The van der Waals surface area contributed by atoms with Crippen molar-refractivity contribution in [2.75, 3.05) is 13.1 Å². The van der Waals surface area contributed by atoms with Gasteiger partial charge >= 0.3 is 6.09 Å². The van der Waals surface area contributed by atoms with Crippen molar-refractivity contribution in [2.45, 2.75) is 12.8 Å². The number of aldehydes is 1. The van der Waals surface area contributed by atoms with E-state index in [1.54, 1.807) is 0 Å². The molecule has 2 rings (SSSR count). The average molecular weight is 183 g/mol. The summed E-state index contributed by atoms with van der Waals surface area (Å²) in [4.78, 5) is 22.6. The van der Waals surface area contributed by atoms with E-state index in [9.17, 15) is 9.59 Å². The average Bonchev–Trinajstić information content (AvgIpc) is 2.58. The van der Waals surface area contributed by atoms with E-state index in [-0.39, 0.29) is 5.92 Å². The summed E-state index contributed by atoms with van der Waals surface area (Å²) in [6, 6.07) is 0. The molecule has 1 amide bonds. The van der Waals surface area contributed by atoms with Crippen LogP contribution in [0, 0.1) is 17.8 Å². The van der Waals surface area contributed by atoms with Gasteiger partial charge in [0.15, 0.2) is 0 Å². The largest absolute Gasteiger partial charge is 0.465 e. The zero-order valence-corrected chi connectivity index (χ0v) is 7.35. The van der Waals surface area contributed by atoms with Gasteiger partial charge in [-0.1, -0.05) is 0 Å². The van der Waals surface area contributed by atoms with E-state index < -0.39 is 6.09 Å². The van der Waals surface area contributed by atoms with Gasteiger partial charge in [-0.3, -0.25) is 0 Å². The minimum Gasteiger partial charge on any atom is -0.465 e. The Labute approximate surface area is 76.5 Å². The molecule has 4 nitrogen and oxygen atoms in total. The van der Waals surface area contributed by atoms with E-state index in [0.717, 1.165) is 19.1 Å². The van der Waals surface area contributed by atoms with Crippen LogP contribution in [-0.2, 0) is 4.79 Å². The molecule has 0 aromatic carbocycles. The van der Waals surface area contributed by atoms with Gasteiger partial charge in [0.2, 0.25) is 0 Å². The van der Waals surface area contributed by atoms with Crippen molar-refractivity contribution in [3.63, 3.8) is 0 Å². The van der Waals surface area contributed by atoms with Crippen LogP contribution in [0.2, 0.25) is 0 Å². The summed E-state index contributed by atoms with van der Waals surface area (Å²) in [6.45, 7) is 1.26. The van der Waals surface area contributed by atoms with Crippen LogP contribution < -0.4 is 0 Å². The van der Waals surface area contributed by atoms with E-state index in [1.807, 2.05) is 0 Å². The summed E-state index contributed by atoms with van der Waals surface area (Å²) >= 11 is 0. The lowest BCUT2D eigenvalue weighted by Gasteiger charge is -2.13. The third-order valence-electron chi connectivity index (χ3n) is 3.25. The molecule has 4 heteroatoms. The topological polar surface area (TPSA) is 57.6 Å². The zero-order valence-electron chi connectivity index (χ0n) is 7.35. The first-order valence-corrected chi connectivity index (χ1v) is 4.64. The standard InChI is InChI=1S/C9H13NO3/c11-5-6-1-7-3-10(9(12)13)4-8(7)2-6/h5-8H,1-4H2,(H,12,13). The number of amides is 1. The molecule has 0 aromatic rings. The van der Waals surface area contributed by atoms with Crippen LogP contribution in [0.3, 0.4) is 0 Å². The van der Waals surface area contributed by atoms with Crippen LogP contribution in [0.25, 0.3) is 0 Å². The van der Waals surface area contributed by atoms with Crippen LogP contribution in [0.5, 0.6) is 0 Å². The Balaban J connectivity index is 1.96. The summed E-state index contributed by atoms with van der Waals surface area (Å²) in [6.07, 6.45) is 1.97. The molecular formula is C9H13NO3. The Kier molecular flexibility index (Phi) is 1.98. The molecule has 1 saturated carbocycles. The number of carbonyl (C=O) groups is 2. The monoisotopic (exact) mass is 183 g/mol. The Morgan fingerprint density at radius 3 is 2.23 bits per heavy atom. The predicted molar refractivity (Wildman–Crippen MR) is 45.4 cm³/mol. The number of hydrogen-bond donors (Lipinski definition) is 1. The Morgan fingerprint density at radius 2 is 1.85 bits per heavy atom. The maximum atomic E-state index is 10.6. The van der Waals surface area contributed by atoms with Crippen LogP contribution >= 0.6 is 0 Å². The number of carbonyl (C=O) groups excluding carboxylic acids is 1. The highest BCUT2D eigenvalue weighted by molar-refractivity contribution is 5.65. The fourth-order valence-electron chi connectivity index (χ4n) is 2.61. The van der Waals surface area contributed by atoms with E-state index in [4.69, 9.17) is 5.11 Å². The fourth-order valence-corrected chi connectivity index (χ4v) is 2.61. The number of carboxylic acid groups (broad SMARTS) is 1. The van der Waals surface area contributed by atoms with Crippen molar-refractivity contribution in [1.82, 2.24) is 4.90 Å². The fraction of sp³-hybridized carbons (Fsp3) is 0.778. The molecule has 1 heterocycles. The highest BCUT2D eigenvalue weighted by Crippen LogP contribution is 2.40. The molecule has 1 aliphatic carbocycles. The van der Waals surface area contributed by atoms with Gasteiger partial charge in [-0.2, -0.15) is 0 Å². The van der Waals surface area contributed by atoms with Crippen molar-refractivity contribution in [1.29, 1.82) is 0 Å². The second-order valence-electron chi connectivity index (χ2n) is 4.08. The molecule has 13 heavy (non-hydrogen) atoms. The normalized spacial score (nSPS) is 37.5. The molecule has 1 N–H and O–H groups in total. The molecule has 2 atom stereocenters. The van der Waals surface area contributed by atoms with Gasteiger partial charge in [0.1, 0.15) is 6.29 Å². The number of nitrogens with zero attached hydrogens (tertiary/aromatic N) is 1. The van der Waals surface area contributed by atoms with Crippen molar-refractivity contribution >= 4 is 12.4 Å². The van der Waals surface area contributed by atoms with Gasteiger partial charge in [0.25, 0.3) is 0 Å². The number of rotatable bonds is 1. The zero-order chi connectivity index (χ0) is 9.42. The third kappa shape index (κ3) is 1.41. The second-order valence-corrected chi connectivity index (χ2v) is 4.08. The van der Waals surface area contributed by atoms with Crippen molar-refractivity contribution < 1.29 is 14.7 Å². The van der Waals surface area contributed by atoms with Crippen molar-refractivity contribution in [3.05, 3.63) is 0 Å². The Bertz CT molecular complexity index is 227. The number of hydrogen-bond acceptors (Lipinski definition) is 2. The molecule has 2 aliphatic rings. The Hall–Kier alpha value is -1.06. The maximum absolute atomic E-state index is 10.6. The minimum absolute atomic E-state index is 0.186. The van der Waals surface area contributed by atoms with Gasteiger partial charge in [0, 0.05) is 19.0 Å². The van der Waals surface area contributed by atoms with Gasteiger partial charge < -0.3 is 14.8 Å². The third-order valence-corrected chi connectivity index (χ3v) is 3.25. The minimum atomic E-state index is -0.822. The Morgan fingerprint density at radius 1 is 1.31 bits per heavy atom. The van der Waals surface area contributed by atoms with E-state index >= 15 is 0 Å². The summed E-state index contributed by atoms with van der Waals surface area (Å²) < 4.78 is 0. The first-order chi connectivity index (χ1) is 6.20. The lowest BCUT2D eigenvalue weighted by atomic mass is 10.0. The molecule has 0 aromatic heterocycles. The number of fused-ring (bicyclic) bond motifs is 1. The van der Waals surface area contributed by atoms with Crippen LogP contribution in [0.1, 0.15) is 12.8 Å². The molecule has 2 unspecified atom stereocenters. The van der Waals surface area contributed by atoms with Crippen LogP contribution in [0.4, 0.5) is 4.79 Å². The number of likely N-dealkylation sites (tertiary alicyclic amines) is 1. The van der Waals surface area contributed by atoms with E-state index in [1.165, 1.54) is 4.90 Å². The quantitative estimate of drug-likeness (QED) is 0.612. The van der Waals surface area contributed by atoms with Gasteiger partial charge in [-0.25, -0.2) is 4.79 Å². The SMILES string of the molecule is O=CC1CC2CN(C(=O)O)CC2C1. The lowest BCUT2D eigenvalue weighted by molar-refractivity contribution is -0.111. The first-order valence-electron chi connectivity index (χ1n) is 4.64. The first kappa shape index (κ1) is 8.53. The molecule has 1 saturated heterocycles. The van der Waals surface area contributed by atoms with E-state index in [0.29, 0.717) is 24.9 Å². The van der Waals surface area contributed by atoms with Crippen molar-refractivity contribution in [3.8, 4) is 0 Å². The lowest BCUT2D eigenvalue weighted by Crippen LogP contribution is -2.28. The summed E-state index contributed by atoms with van der Waals surface area (Å²) in [7, 11) is 0. The molecule has 72 valence electrons. The van der Waals surface area contributed by atoms with Gasteiger partial charge in [-0.15, -0.1) is 0 Å². The molecule has 0 bridgehead atoms. The summed E-state index contributed by atoms with van der Waals surface area (Å²) in [5.41, 5.74) is 0. The smallest absolute Gasteiger partial charge is 0.407 e. The molecular weight excluding hydrogens is 170 g/mol. The highest BCUT2D eigenvalue weighted by Gasteiger charge is 2.42. The molecule has 0 radical (unpaired) electrons. The summed E-state index contributed by atoms with van der Waals surface area (Å²) in [5, 5.41) is 8.75. The summed E-state index contributed by atoms with van der Waals surface area (Å²) in [5.74, 6) is 1.06. The second kappa shape index (κ2) is 3.01. The van der Waals surface area contributed by atoms with Gasteiger partial charge in [-0.05, 0) is 24.7 Å².